The highest BCUT2D eigenvalue weighted by atomic mass is 14.5. The Hall–Kier alpha value is 0. The smallest absolute Gasteiger partial charge is 0.0297 e. The van der Waals surface area contributed by atoms with Crippen molar-refractivity contribution in [2.45, 2.75) is 488 Å². The van der Waals surface area contributed by atoms with Gasteiger partial charge in [-0.2, -0.15) is 0 Å². The quantitative estimate of drug-likeness (QED) is 0.264. The van der Waals surface area contributed by atoms with Crippen LogP contribution in [0.15, 0.2) is 0 Å². The fourth-order valence-electron chi connectivity index (χ4n) is 23.1. The fourth-order valence-corrected chi connectivity index (χ4v) is 23.1. The second kappa shape index (κ2) is 46.1. The van der Waals surface area contributed by atoms with Gasteiger partial charge in [0.2, 0.25) is 0 Å². The predicted octanol–water partition coefficient (Wildman–Crippen LogP) is 36.3. The summed E-state index contributed by atoms with van der Waals surface area (Å²) in [5.41, 5.74) is 4.97. The Kier molecular flexibility index (Phi) is 44.4. The molecule has 0 aromatic carbocycles. The number of fused-ring (bicyclic) bond motifs is 2. The molecule has 13 fully saturated rings. The minimum atomic E-state index is 0.571. The van der Waals surface area contributed by atoms with Gasteiger partial charge in [0.15, 0.2) is 0 Å². The predicted molar refractivity (Wildman–Crippen MR) is 485 cm³/mol. The minimum absolute atomic E-state index is 0.571. The highest BCUT2D eigenvalue weighted by Gasteiger charge is 2.47. The summed E-state index contributed by atoms with van der Waals surface area (Å²) in [7, 11) is 0. The van der Waals surface area contributed by atoms with Crippen LogP contribution >= 0.6 is 0 Å². The van der Waals surface area contributed by atoms with Crippen molar-refractivity contribution in [3.63, 3.8) is 0 Å². The number of hydrogen-bond acceptors (Lipinski definition) is 0. The molecule has 0 heteroatoms. The van der Waals surface area contributed by atoms with Gasteiger partial charge in [0.25, 0.3) is 0 Å². The van der Waals surface area contributed by atoms with Gasteiger partial charge < -0.3 is 0 Å². The average Bonchev–Trinajstić information content (AvgIpc) is 1.73. The van der Waals surface area contributed by atoms with Gasteiger partial charge in [-0.05, 0) is 307 Å². The van der Waals surface area contributed by atoms with E-state index in [-0.39, 0.29) is 0 Å². The largest absolute Gasteiger partial charge is 0.0651 e. The molecule has 0 saturated heterocycles. The van der Waals surface area contributed by atoms with Crippen molar-refractivity contribution in [3.8, 4) is 0 Å². The molecular weight excluding hydrogens is 1270 g/mol. The van der Waals surface area contributed by atoms with Crippen molar-refractivity contribution < 1.29 is 0 Å². The van der Waals surface area contributed by atoms with E-state index >= 15 is 0 Å². The first-order valence-electron chi connectivity index (χ1n) is 48.5. The maximum atomic E-state index is 2.48. The Balaban J connectivity index is 0.000000393. The van der Waals surface area contributed by atoms with Crippen molar-refractivity contribution in [1.29, 1.82) is 0 Å². The van der Waals surface area contributed by atoms with Crippen molar-refractivity contribution in [2.24, 2.45) is 191 Å². The van der Waals surface area contributed by atoms with E-state index in [9.17, 15) is 0 Å². The SMILES string of the molecule is CC(C)(C)C1CCC1.CC1C(C)(C)CCCC1(C)C.CC1C(C)C(C)C1C.CC1CC(C(C)C)C1.CC1CC(C)(C)CC(C)(C)C1.CC1CC(C)[C@@H](C)C1.CC1CC2CCC1(C)C2.CC1CCC(C)(C)CC1.CC1CCC(C)C1C.CC1CCCC(C)C1C.CCC(C)C1CCC1.C[C@@H]1CCCCC1(C)C. The Morgan fingerprint density at radius 1 is 0.311 bits per heavy atom. The molecule has 13 rings (SSSR count). The van der Waals surface area contributed by atoms with Gasteiger partial charge in [0, 0.05) is 0 Å². The van der Waals surface area contributed by atoms with Crippen LogP contribution in [0.1, 0.15) is 488 Å². The highest BCUT2D eigenvalue weighted by Crippen LogP contribution is 2.57. The van der Waals surface area contributed by atoms with Gasteiger partial charge in [-0.25, -0.2) is 0 Å². The topological polar surface area (TPSA) is 0 Å². The van der Waals surface area contributed by atoms with Gasteiger partial charge in [-0.1, -0.05) is 373 Å². The maximum Gasteiger partial charge on any atom is -0.0297 e. The molecule has 12 atom stereocenters. The van der Waals surface area contributed by atoms with Crippen LogP contribution in [-0.2, 0) is 0 Å². The van der Waals surface area contributed by atoms with Gasteiger partial charge in [0.05, 0.1) is 0 Å². The summed E-state index contributed by atoms with van der Waals surface area (Å²) in [5, 5.41) is 0. The Morgan fingerprint density at radius 3 is 0.925 bits per heavy atom. The molecule has 13 saturated carbocycles. The Labute approximate surface area is 675 Å². The maximum absolute atomic E-state index is 2.48. The van der Waals surface area contributed by atoms with Crippen LogP contribution in [-0.4, -0.2) is 0 Å². The van der Waals surface area contributed by atoms with Crippen LogP contribution in [0, 0.1) is 191 Å². The first-order valence-corrected chi connectivity index (χ1v) is 48.5. The van der Waals surface area contributed by atoms with E-state index < -0.39 is 0 Å². The normalized spacial score (nSPS) is 38.0. The number of hydrogen-bond donors (Lipinski definition) is 0. The van der Waals surface area contributed by atoms with Gasteiger partial charge >= 0.3 is 0 Å². The van der Waals surface area contributed by atoms with Gasteiger partial charge in [0.1, 0.15) is 0 Å². The van der Waals surface area contributed by atoms with Crippen molar-refractivity contribution in [2.75, 3.05) is 0 Å². The second-order valence-electron chi connectivity index (χ2n) is 49.2. The molecule has 0 heterocycles. The average molecular weight is 1480 g/mol. The zero-order valence-electron chi connectivity index (χ0n) is 81.5. The second-order valence-corrected chi connectivity index (χ2v) is 49.2. The molecule has 106 heavy (non-hydrogen) atoms. The third-order valence-corrected chi connectivity index (χ3v) is 35.3. The van der Waals surface area contributed by atoms with Gasteiger partial charge in [-0.3, -0.25) is 0 Å². The van der Waals surface area contributed by atoms with E-state index in [0.717, 1.165) is 153 Å². The van der Waals surface area contributed by atoms with Crippen molar-refractivity contribution in [1.82, 2.24) is 0 Å². The molecule has 2 bridgehead atoms. The summed E-state index contributed by atoms with van der Waals surface area (Å²) < 4.78 is 0. The molecule has 634 valence electrons. The lowest BCUT2D eigenvalue weighted by Crippen LogP contribution is -2.39. The third kappa shape index (κ3) is 36.4. The lowest BCUT2D eigenvalue weighted by atomic mass is 9.58. The van der Waals surface area contributed by atoms with Gasteiger partial charge in [-0.15, -0.1) is 0 Å². The molecule has 10 unspecified atom stereocenters. The lowest BCUT2D eigenvalue weighted by Gasteiger charge is -2.47. The summed E-state index contributed by atoms with van der Waals surface area (Å²) in [4.78, 5) is 0. The Bertz CT molecular complexity index is 2120. The molecule has 0 aromatic rings. The van der Waals surface area contributed by atoms with Crippen LogP contribution < -0.4 is 0 Å². The van der Waals surface area contributed by atoms with Crippen LogP contribution in [0.25, 0.3) is 0 Å². The molecular formula is C106H210. The lowest BCUT2D eigenvalue weighted by molar-refractivity contribution is 0.0286. The summed E-state index contributed by atoms with van der Waals surface area (Å²) in [6.45, 7) is 92.9. The molecule has 0 nitrogen and oxygen atoms in total. The molecule has 13 aliphatic carbocycles. The monoisotopic (exact) mass is 1480 g/mol. The first-order chi connectivity index (χ1) is 48.5. The zero-order chi connectivity index (χ0) is 81.5. The summed E-state index contributed by atoms with van der Waals surface area (Å²) in [6.07, 6.45) is 49.7. The van der Waals surface area contributed by atoms with Crippen LogP contribution in [0.3, 0.4) is 0 Å². The molecule has 0 aliphatic heterocycles. The van der Waals surface area contributed by atoms with Crippen LogP contribution in [0.2, 0.25) is 0 Å². The molecule has 13 aliphatic rings. The van der Waals surface area contributed by atoms with E-state index in [1.165, 1.54) is 218 Å². The van der Waals surface area contributed by atoms with E-state index in [4.69, 9.17) is 0 Å². The summed E-state index contributed by atoms with van der Waals surface area (Å²) in [6, 6.07) is 0. The number of rotatable bonds is 3. The van der Waals surface area contributed by atoms with E-state index in [0.29, 0.717) is 37.9 Å². The van der Waals surface area contributed by atoms with Crippen LogP contribution in [0.4, 0.5) is 0 Å². The van der Waals surface area contributed by atoms with Crippen LogP contribution in [0.5, 0.6) is 0 Å². The summed E-state index contributed by atoms with van der Waals surface area (Å²) >= 11 is 0. The van der Waals surface area contributed by atoms with Crippen molar-refractivity contribution in [3.05, 3.63) is 0 Å². The highest BCUT2D eigenvalue weighted by molar-refractivity contribution is 4.97. The Morgan fingerprint density at radius 2 is 0.717 bits per heavy atom. The van der Waals surface area contributed by atoms with Crippen molar-refractivity contribution >= 4 is 0 Å². The summed E-state index contributed by atoms with van der Waals surface area (Å²) in [5.74, 6) is 24.8. The molecule has 0 N–H and O–H groups in total. The zero-order valence-corrected chi connectivity index (χ0v) is 81.5. The standard InChI is InChI=1S/2C11H22.C9H16.3C9H18.6C8H16/c1-9-6-10(2,3)8-11(4,5)7-9;1-9-10(2,3)7-6-8-11(9,4)5;1-7-5-8-3-4-9(7,2)6-8;1-8-4-6-9(2,3)7-5-8;1-8-6-4-5-7-9(8,2)3;1-7-5-4-6-8(2)9(7)3;1-6-4-7(2)8(3)5-6;1-6(2)8-4-7(3)5-8;1-8(2,3)7-5-4-6-7;1-6-4-5-7(2)8(6)3;1-5-6(2)8(4)7(5)3;1-3-7(2)8-5-4-6-8/h2*9H,6-8H2,1-5H3;7-8H,3-6H2,1-2H3;2*8H,4-7H2,1-3H3;7-9H,4-6H2,1-3H3;2*6-8H,4-5H2,1-3H3;7H,4-6H2,1-3H3;6-8H,4-5H2,1-3H3;5-8H,1-4H3;7-8H,3-6H2,1-2H3/t;;;;8-;;6?,7-,8?;;;;;/m....1.0...../s1. The van der Waals surface area contributed by atoms with E-state index in [1.807, 2.05) is 0 Å². The minimum Gasteiger partial charge on any atom is -0.0651 e. The first kappa shape index (κ1) is 102. The molecule has 0 radical (unpaired) electrons. The molecule has 0 aromatic heterocycles. The molecule has 0 amide bonds. The third-order valence-electron chi connectivity index (χ3n) is 35.3. The van der Waals surface area contributed by atoms with E-state index in [1.54, 1.807) is 0 Å². The molecule has 0 spiro atoms. The van der Waals surface area contributed by atoms with E-state index in [2.05, 4.69) is 270 Å². The fraction of sp³-hybridized carbons (Fsp3) is 1.00.